The third-order valence-corrected chi connectivity index (χ3v) is 12.3. The molecule has 10 nitrogen and oxygen atoms in total. The third-order valence-electron chi connectivity index (χ3n) is 12.3. The molecule has 4 aromatic heterocycles. The van der Waals surface area contributed by atoms with E-state index in [9.17, 15) is 9.59 Å². The van der Waals surface area contributed by atoms with Gasteiger partial charge in [0.25, 0.3) is 0 Å². The van der Waals surface area contributed by atoms with E-state index in [1.807, 2.05) is 33.3 Å². The Hall–Kier alpha value is -6.50. The van der Waals surface area contributed by atoms with Crippen molar-refractivity contribution in [3.8, 4) is 0 Å². The number of carbonyl (C=O) groups excluding carboxylic acids is 2. The molecule has 0 aliphatic carbocycles. The number of benzene rings is 6. The second-order valence-electron chi connectivity index (χ2n) is 15.6. The van der Waals surface area contributed by atoms with Crippen LogP contribution in [0.5, 0.6) is 0 Å². The first-order valence-electron chi connectivity index (χ1n) is 20.4. The van der Waals surface area contributed by atoms with Crippen LogP contribution in [0.3, 0.4) is 0 Å². The molecule has 4 heterocycles. The van der Waals surface area contributed by atoms with Gasteiger partial charge in [0.05, 0.1) is 13.1 Å². The summed E-state index contributed by atoms with van der Waals surface area (Å²) in [5.41, 5.74) is 8.09. The molecule has 0 aliphatic rings. The fourth-order valence-corrected chi connectivity index (χ4v) is 9.66. The van der Waals surface area contributed by atoms with Crippen LogP contribution in [0.4, 0.5) is 0 Å². The van der Waals surface area contributed by atoms with Gasteiger partial charge in [-0.3, -0.25) is 9.59 Å². The van der Waals surface area contributed by atoms with Crippen molar-refractivity contribution in [2.45, 2.75) is 32.4 Å². The van der Waals surface area contributed by atoms with E-state index in [1.54, 1.807) is 0 Å². The molecule has 0 atom stereocenters. The monoisotopic (exact) mass is 928 g/mol. The zero-order valence-corrected chi connectivity index (χ0v) is 36.1. The van der Waals surface area contributed by atoms with Crippen LogP contribution < -0.4 is 53.7 Å². The van der Waals surface area contributed by atoms with Crippen molar-refractivity contribution in [2.24, 2.45) is 0 Å². The summed E-state index contributed by atoms with van der Waals surface area (Å²) in [4.78, 5) is 26.0. The van der Waals surface area contributed by atoms with E-state index in [1.165, 1.54) is 32.3 Å². The largest absolute Gasteiger partial charge is 1.00 e. The topological polar surface area (TPSA) is 101 Å². The van der Waals surface area contributed by atoms with Crippen LogP contribution in [0.2, 0.25) is 0 Å². The molecule has 61 heavy (non-hydrogen) atoms. The fourth-order valence-electron chi connectivity index (χ4n) is 9.66. The fraction of sp³-hybridized carbons (Fsp3) is 0.143. The number of fused-ring (bicyclic) bond motifs is 12. The summed E-state index contributed by atoms with van der Waals surface area (Å²) in [5.74, 6) is -0.125. The predicted octanol–water partition coefficient (Wildman–Crippen LogP) is 1.77. The van der Waals surface area contributed by atoms with Crippen molar-refractivity contribution in [1.82, 2.24) is 29.9 Å². The lowest BCUT2D eigenvalue weighted by Crippen LogP contribution is -3.00. The van der Waals surface area contributed by atoms with E-state index >= 15 is 0 Å². The maximum absolute atomic E-state index is 13.0. The van der Waals surface area contributed by atoms with Gasteiger partial charge in [-0.25, -0.2) is 9.13 Å². The van der Waals surface area contributed by atoms with Gasteiger partial charge in [0, 0.05) is 46.5 Å². The summed E-state index contributed by atoms with van der Waals surface area (Å²) in [6.07, 6.45) is 1.03. The average Bonchev–Trinajstić information content (AvgIpc) is 3.97. The number of halogens is 2. The molecule has 2 N–H and O–H groups in total. The summed E-state index contributed by atoms with van der Waals surface area (Å²) < 4.78 is 8.53. The normalized spacial score (nSPS) is 11.9. The van der Waals surface area contributed by atoms with Crippen molar-refractivity contribution >= 4 is 110 Å². The number of hydrogen-bond acceptors (Lipinski definition) is 4. The van der Waals surface area contributed by atoms with Gasteiger partial charge in [0.1, 0.15) is 24.1 Å². The van der Waals surface area contributed by atoms with Crippen molar-refractivity contribution < 1.29 is 52.7 Å². The maximum Gasteiger partial charge on any atom is 0.308 e. The maximum atomic E-state index is 13.0. The van der Waals surface area contributed by atoms with Crippen LogP contribution in [0, 0.1) is 0 Å². The molecule has 0 unspecified atom stereocenters. The van der Waals surface area contributed by atoms with Gasteiger partial charge in [-0.15, -0.1) is 0 Å². The summed E-state index contributed by atoms with van der Waals surface area (Å²) in [7, 11) is 0. The number of amides is 2. The van der Waals surface area contributed by atoms with Gasteiger partial charge in [0.2, 0.25) is 22.8 Å². The van der Waals surface area contributed by atoms with Crippen LogP contribution in [0.1, 0.15) is 19.3 Å². The molecule has 2 amide bonds. The summed E-state index contributed by atoms with van der Waals surface area (Å²) in [6.45, 7) is 2.09. The first-order chi connectivity index (χ1) is 29.1. The van der Waals surface area contributed by atoms with Crippen molar-refractivity contribution in [1.29, 1.82) is 0 Å². The Kier molecular flexibility index (Phi) is 9.64. The zero-order valence-electron chi connectivity index (χ0n) is 32.9. The number of hydrogen-bond donors (Lipinski definition) is 2. The smallest absolute Gasteiger partial charge is 0.308 e. The van der Waals surface area contributed by atoms with E-state index in [0.29, 0.717) is 32.6 Å². The Morgan fingerprint density at radius 3 is 1.34 bits per heavy atom. The highest BCUT2D eigenvalue weighted by molar-refractivity contribution is 6.30. The molecule has 12 heteroatoms. The minimum absolute atomic E-state index is 0. The van der Waals surface area contributed by atoms with E-state index in [-0.39, 0.29) is 58.6 Å². The SMILES string of the molecule is O=C(CCCC(=O)NCC[n+]1c2ccccc2n2nc3c(cc21)c1cccc2cccc3c21)NCC[n+]1c2ccccc2n2nc3c(cc21)c1cccc2cccc3c21.[Br-].[Br-]. The van der Waals surface area contributed by atoms with Crippen molar-refractivity contribution in [3.05, 3.63) is 133 Å². The molecular formula is C49H38Br2N8O2. The van der Waals surface area contributed by atoms with Gasteiger partial charge in [-0.2, -0.15) is 0 Å². The highest BCUT2D eigenvalue weighted by Gasteiger charge is 2.26. The number of aromatic nitrogens is 6. The third kappa shape index (κ3) is 6.02. The molecule has 0 bridgehead atoms. The molecule has 12 aromatic rings. The second-order valence-corrected chi connectivity index (χ2v) is 15.6. The van der Waals surface area contributed by atoms with E-state index in [2.05, 4.69) is 129 Å². The van der Waals surface area contributed by atoms with Crippen LogP contribution in [0.25, 0.3) is 98.3 Å². The Morgan fingerprint density at radius 2 is 0.902 bits per heavy atom. The van der Waals surface area contributed by atoms with E-state index in [4.69, 9.17) is 10.2 Å². The number of nitrogens with one attached hydrogen (secondary N) is 2. The van der Waals surface area contributed by atoms with Gasteiger partial charge >= 0.3 is 11.3 Å². The van der Waals surface area contributed by atoms with Crippen molar-refractivity contribution in [2.75, 3.05) is 13.1 Å². The average molecular weight is 931 g/mol. The van der Waals surface area contributed by atoms with Crippen LogP contribution in [-0.4, -0.2) is 44.1 Å². The van der Waals surface area contributed by atoms with Gasteiger partial charge in [-0.1, -0.05) is 116 Å². The van der Waals surface area contributed by atoms with Gasteiger partial charge in [0.15, 0.2) is 11.0 Å². The highest BCUT2D eigenvalue weighted by atomic mass is 79.9. The first kappa shape index (κ1) is 38.7. The Balaban J connectivity index is 0.00000223. The van der Waals surface area contributed by atoms with E-state index in [0.717, 1.165) is 65.9 Å². The lowest BCUT2D eigenvalue weighted by molar-refractivity contribution is -0.644. The Morgan fingerprint density at radius 1 is 0.492 bits per heavy atom. The Bertz CT molecular complexity index is 3420. The molecule has 0 spiro atoms. The van der Waals surface area contributed by atoms with Crippen molar-refractivity contribution in [3.63, 3.8) is 0 Å². The lowest BCUT2D eigenvalue weighted by Gasteiger charge is -2.06. The van der Waals surface area contributed by atoms with Gasteiger partial charge < -0.3 is 44.6 Å². The van der Waals surface area contributed by atoms with Crippen LogP contribution in [-0.2, 0) is 22.7 Å². The van der Waals surface area contributed by atoms with Gasteiger partial charge in [-0.05, 0) is 63.0 Å². The number of para-hydroxylation sites is 4. The van der Waals surface area contributed by atoms with E-state index < -0.39 is 0 Å². The second kappa shape index (κ2) is 15.2. The summed E-state index contributed by atoms with van der Waals surface area (Å²) in [5, 5.41) is 28.5. The molecule has 0 saturated heterocycles. The molecule has 0 aliphatic heterocycles. The predicted molar refractivity (Wildman–Crippen MR) is 233 cm³/mol. The molecule has 300 valence electrons. The molecule has 0 fully saturated rings. The number of nitrogens with zero attached hydrogens (tertiary/aromatic N) is 6. The number of rotatable bonds is 10. The molecule has 8 aromatic carbocycles. The highest BCUT2D eigenvalue weighted by Crippen LogP contribution is 2.39. The standard InChI is InChI=1S/C49H36N8O2.2BrH/c58-42(50-24-26-54-38-18-1-3-20-40(38)56-44(54)28-36-32-14-5-10-30-12-7-16-34(46(30)32)48(36)52-56)22-9-23-43(59)51-25-27-55-39-19-2-4-21-41(39)57-45(55)29-37-33-15-6-11-31-13-8-17-35(47(31)33)49(37)53-57;;/h1-8,10-21,28-29H,9,22-27H2;2*1H. The summed E-state index contributed by atoms with van der Waals surface area (Å²) in [6, 6.07) is 46.7. The minimum atomic E-state index is -0.0625. The quantitative estimate of drug-likeness (QED) is 0.205. The van der Waals surface area contributed by atoms with Crippen LogP contribution in [0.15, 0.2) is 133 Å². The molecule has 12 rings (SSSR count). The van der Waals surface area contributed by atoms with Crippen LogP contribution >= 0.6 is 0 Å². The molecular weight excluding hydrogens is 892 g/mol. The number of carbonyl (C=O) groups is 2. The minimum Gasteiger partial charge on any atom is -1.00 e. The number of imidazole rings is 2. The lowest BCUT2D eigenvalue weighted by atomic mass is 10.1. The summed E-state index contributed by atoms with van der Waals surface area (Å²) >= 11 is 0. The molecule has 0 radical (unpaired) electrons. The molecule has 0 saturated carbocycles. The first-order valence-corrected chi connectivity index (χ1v) is 20.4. The Labute approximate surface area is 369 Å². The zero-order chi connectivity index (χ0) is 39.2.